The van der Waals surface area contributed by atoms with Crippen LogP contribution in [0.4, 0.5) is 0 Å². The van der Waals surface area contributed by atoms with Crippen molar-refractivity contribution >= 4 is 0 Å². The van der Waals surface area contributed by atoms with Gasteiger partial charge < -0.3 is 15.0 Å². The summed E-state index contributed by atoms with van der Waals surface area (Å²) in [5.74, 6) is 0.791. The number of hydrogen-bond acceptors (Lipinski definition) is 3. The summed E-state index contributed by atoms with van der Waals surface area (Å²) in [5.41, 5.74) is 0.520. The third kappa shape index (κ3) is 4.44. The molecule has 3 unspecified atom stereocenters. The van der Waals surface area contributed by atoms with E-state index in [0.717, 1.165) is 19.1 Å². The first-order valence-electron chi connectivity index (χ1n) is 8.01. The van der Waals surface area contributed by atoms with Crippen LogP contribution >= 0.6 is 0 Å². The van der Waals surface area contributed by atoms with Gasteiger partial charge in [-0.3, -0.25) is 0 Å². The van der Waals surface area contributed by atoms with Crippen molar-refractivity contribution in [1.29, 1.82) is 0 Å². The van der Waals surface area contributed by atoms with Crippen molar-refractivity contribution < 1.29 is 4.74 Å². The summed E-state index contributed by atoms with van der Waals surface area (Å²) in [4.78, 5) is 2.63. The molecule has 0 aromatic carbocycles. The third-order valence-corrected chi connectivity index (χ3v) is 4.92. The minimum atomic E-state index is 0.395. The van der Waals surface area contributed by atoms with E-state index in [2.05, 4.69) is 38.0 Å². The van der Waals surface area contributed by atoms with Crippen molar-refractivity contribution in [1.82, 2.24) is 10.2 Å². The van der Waals surface area contributed by atoms with Crippen LogP contribution in [0, 0.1) is 11.3 Å². The Bertz CT molecular complexity index is 280. The van der Waals surface area contributed by atoms with Gasteiger partial charge in [-0.2, -0.15) is 0 Å². The van der Waals surface area contributed by atoms with E-state index in [1.54, 1.807) is 0 Å². The zero-order valence-corrected chi connectivity index (χ0v) is 13.2. The molecule has 0 aromatic rings. The molecule has 2 aliphatic rings. The Hall–Kier alpha value is -0.120. The highest BCUT2D eigenvalue weighted by Gasteiger charge is 2.35. The Morgan fingerprint density at radius 2 is 2.16 bits per heavy atom. The molecule has 19 heavy (non-hydrogen) atoms. The Morgan fingerprint density at radius 1 is 1.37 bits per heavy atom. The zero-order chi connectivity index (χ0) is 13.9. The van der Waals surface area contributed by atoms with Crippen LogP contribution in [-0.4, -0.2) is 50.3 Å². The number of hydrogen-bond donors (Lipinski definition) is 1. The monoisotopic (exact) mass is 268 g/mol. The maximum atomic E-state index is 5.76. The molecule has 2 rings (SSSR count). The summed E-state index contributed by atoms with van der Waals surface area (Å²) in [6.45, 7) is 11.6. The summed E-state index contributed by atoms with van der Waals surface area (Å²) in [5, 5.41) is 3.55. The molecule has 2 fully saturated rings. The summed E-state index contributed by atoms with van der Waals surface area (Å²) in [7, 11) is 2.13. The van der Waals surface area contributed by atoms with Gasteiger partial charge in [0.2, 0.25) is 0 Å². The molecular weight excluding hydrogens is 236 g/mol. The van der Waals surface area contributed by atoms with E-state index in [-0.39, 0.29) is 0 Å². The standard InChI is InChI=1S/C16H32N2O/c1-13-11-18(8-5-9-19-13)12-14-10-16(2,3)7-6-15(14)17-4/h13-15,17H,5-12H2,1-4H3. The van der Waals surface area contributed by atoms with Crippen molar-refractivity contribution in [3.8, 4) is 0 Å². The SMILES string of the molecule is CNC1CCC(C)(C)CC1CN1CCCOC(C)C1. The Balaban J connectivity index is 1.94. The molecule has 0 amide bonds. The fourth-order valence-corrected chi connectivity index (χ4v) is 3.89. The van der Waals surface area contributed by atoms with Crippen molar-refractivity contribution in [2.24, 2.45) is 11.3 Å². The molecule has 1 saturated heterocycles. The van der Waals surface area contributed by atoms with Crippen LogP contribution in [0.1, 0.15) is 46.5 Å². The summed E-state index contributed by atoms with van der Waals surface area (Å²) < 4.78 is 5.76. The molecule has 0 aromatic heterocycles. The van der Waals surface area contributed by atoms with Gasteiger partial charge in [0.05, 0.1) is 6.10 Å². The fraction of sp³-hybridized carbons (Fsp3) is 1.00. The first-order chi connectivity index (χ1) is 9.00. The van der Waals surface area contributed by atoms with Crippen LogP contribution in [-0.2, 0) is 4.74 Å². The van der Waals surface area contributed by atoms with Gasteiger partial charge in [0.25, 0.3) is 0 Å². The van der Waals surface area contributed by atoms with Gasteiger partial charge in [0, 0.05) is 32.3 Å². The lowest BCUT2D eigenvalue weighted by atomic mass is 9.69. The molecule has 112 valence electrons. The third-order valence-electron chi connectivity index (χ3n) is 4.92. The molecule has 3 nitrogen and oxygen atoms in total. The van der Waals surface area contributed by atoms with E-state index >= 15 is 0 Å². The second-order valence-corrected chi connectivity index (χ2v) is 7.36. The van der Waals surface area contributed by atoms with Crippen molar-refractivity contribution in [3.05, 3.63) is 0 Å². The smallest absolute Gasteiger partial charge is 0.0673 e. The fourth-order valence-electron chi connectivity index (χ4n) is 3.89. The number of ether oxygens (including phenoxy) is 1. The summed E-state index contributed by atoms with van der Waals surface area (Å²) in [6, 6.07) is 0.701. The van der Waals surface area contributed by atoms with Crippen LogP contribution in [0.5, 0.6) is 0 Å². The molecule has 1 heterocycles. The second-order valence-electron chi connectivity index (χ2n) is 7.36. The zero-order valence-electron chi connectivity index (χ0n) is 13.2. The van der Waals surface area contributed by atoms with Gasteiger partial charge >= 0.3 is 0 Å². The first kappa shape index (κ1) is 15.3. The Morgan fingerprint density at radius 3 is 2.89 bits per heavy atom. The lowest BCUT2D eigenvalue weighted by Gasteiger charge is -2.42. The maximum absolute atomic E-state index is 5.76. The van der Waals surface area contributed by atoms with Gasteiger partial charge in [0.1, 0.15) is 0 Å². The molecule has 1 N–H and O–H groups in total. The molecule has 0 bridgehead atoms. The van der Waals surface area contributed by atoms with E-state index in [4.69, 9.17) is 4.74 Å². The van der Waals surface area contributed by atoms with Crippen LogP contribution < -0.4 is 5.32 Å². The molecule has 1 aliphatic carbocycles. The van der Waals surface area contributed by atoms with Crippen LogP contribution in [0.15, 0.2) is 0 Å². The molecule has 1 aliphatic heterocycles. The number of nitrogens with one attached hydrogen (secondary N) is 1. The van der Waals surface area contributed by atoms with Crippen LogP contribution in [0.25, 0.3) is 0 Å². The molecular formula is C16H32N2O. The lowest BCUT2D eigenvalue weighted by Crippen LogP contribution is -2.47. The Kier molecular flexibility index (Phi) is 5.27. The van der Waals surface area contributed by atoms with Crippen LogP contribution in [0.2, 0.25) is 0 Å². The maximum Gasteiger partial charge on any atom is 0.0673 e. The van der Waals surface area contributed by atoms with E-state index < -0.39 is 0 Å². The average Bonchev–Trinajstić information content (AvgIpc) is 2.53. The quantitative estimate of drug-likeness (QED) is 0.851. The van der Waals surface area contributed by atoms with E-state index in [1.807, 2.05) is 0 Å². The van der Waals surface area contributed by atoms with E-state index in [9.17, 15) is 0 Å². The van der Waals surface area contributed by atoms with Crippen molar-refractivity contribution in [3.63, 3.8) is 0 Å². The van der Waals surface area contributed by atoms with E-state index in [1.165, 1.54) is 38.8 Å². The van der Waals surface area contributed by atoms with Crippen LogP contribution in [0.3, 0.4) is 0 Å². The van der Waals surface area contributed by atoms with Gasteiger partial charge in [-0.05, 0) is 51.0 Å². The minimum absolute atomic E-state index is 0.395. The molecule has 3 atom stereocenters. The molecule has 1 saturated carbocycles. The van der Waals surface area contributed by atoms with Gasteiger partial charge in [-0.15, -0.1) is 0 Å². The molecule has 0 radical (unpaired) electrons. The Labute approximate surface area is 119 Å². The predicted octanol–water partition coefficient (Wildman–Crippen LogP) is 2.51. The molecule has 0 spiro atoms. The number of rotatable bonds is 3. The average molecular weight is 268 g/mol. The lowest BCUT2D eigenvalue weighted by molar-refractivity contribution is 0.0566. The summed E-state index contributed by atoms with van der Waals surface area (Å²) in [6.07, 6.45) is 5.62. The van der Waals surface area contributed by atoms with Gasteiger partial charge in [-0.1, -0.05) is 13.8 Å². The predicted molar refractivity (Wildman–Crippen MR) is 80.4 cm³/mol. The largest absolute Gasteiger partial charge is 0.377 e. The topological polar surface area (TPSA) is 24.5 Å². The summed E-state index contributed by atoms with van der Waals surface area (Å²) >= 11 is 0. The highest BCUT2D eigenvalue weighted by Crippen LogP contribution is 2.39. The number of nitrogens with zero attached hydrogens (tertiary/aromatic N) is 1. The van der Waals surface area contributed by atoms with Crippen molar-refractivity contribution in [2.75, 3.05) is 33.3 Å². The minimum Gasteiger partial charge on any atom is -0.377 e. The first-order valence-corrected chi connectivity index (χ1v) is 8.01. The highest BCUT2D eigenvalue weighted by molar-refractivity contribution is 4.90. The van der Waals surface area contributed by atoms with E-state index in [0.29, 0.717) is 17.6 Å². The van der Waals surface area contributed by atoms with Gasteiger partial charge in [-0.25, -0.2) is 0 Å². The normalized spacial score (nSPS) is 36.9. The van der Waals surface area contributed by atoms with Crippen molar-refractivity contribution in [2.45, 2.75) is 58.6 Å². The van der Waals surface area contributed by atoms with Gasteiger partial charge in [0.15, 0.2) is 0 Å². The second kappa shape index (κ2) is 6.55. The highest BCUT2D eigenvalue weighted by atomic mass is 16.5. The molecule has 3 heteroatoms.